The molecule has 9 heteroatoms. The zero-order valence-electron chi connectivity index (χ0n) is 17.5. The first-order valence-electron chi connectivity index (χ1n) is 10.2. The van der Waals surface area contributed by atoms with E-state index in [4.69, 9.17) is 16.6 Å². The second kappa shape index (κ2) is 9.43. The van der Waals surface area contributed by atoms with E-state index in [0.29, 0.717) is 11.6 Å². The fraction of sp³-hybridized carbons (Fsp3) is 0.0833. The van der Waals surface area contributed by atoms with E-state index in [1.807, 2.05) is 67.6 Å². The predicted molar refractivity (Wildman–Crippen MR) is 140 cm³/mol. The first kappa shape index (κ1) is 21.8. The number of hydrogen-bond donors (Lipinski definition) is 1. The molecular formula is C24H18BrClN6S. The van der Waals surface area contributed by atoms with Crippen LogP contribution in [0.3, 0.4) is 0 Å². The van der Waals surface area contributed by atoms with Gasteiger partial charge >= 0.3 is 0 Å². The van der Waals surface area contributed by atoms with Crippen LogP contribution in [-0.2, 0) is 6.54 Å². The molecule has 0 radical (unpaired) electrons. The third kappa shape index (κ3) is 4.42. The number of nitrogens with one attached hydrogen (secondary N) is 1. The minimum atomic E-state index is 0.487. The van der Waals surface area contributed by atoms with Gasteiger partial charge in [-0.1, -0.05) is 54.1 Å². The van der Waals surface area contributed by atoms with Crippen molar-refractivity contribution in [3.8, 4) is 5.00 Å². The molecule has 0 saturated carbocycles. The summed E-state index contributed by atoms with van der Waals surface area (Å²) < 4.78 is 3.11. The van der Waals surface area contributed by atoms with Crippen LogP contribution in [0.15, 0.2) is 74.6 Å². The summed E-state index contributed by atoms with van der Waals surface area (Å²) in [6.45, 7) is 2.44. The van der Waals surface area contributed by atoms with Crippen molar-refractivity contribution in [3.05, 3.63) is 97.8 Å². The van der Waals surface area contributed by atoms with E-state index < -0.39 is 0 Å². The van der Waals surface area contributed by atoms with Crippen molar-refractivity contribution in [2.45, 2.75) is 13.5 Å². The summed E-state index contributed by atoms with van der Waals surface area (Å²) in [7, 11) is 0. The average molecular weight is 538 g/mol. The molecule has 2 aliphatic heterocycles. The lowest BCUT2D eigenvalue weighted by molar-refractivity contribution is 0.869. The van der Waals surface area contributed by atoms with Gasteiger partial charge in [0.1, 0.15) is 17.4 Å². The summed E-state index contributed by atoms with van der Waals surface area (Å²) in [6, 6.07) is 17.9. The van der Waals surface area contributed by atoms with E-state index in [1.54, 1.807) is 17.6 Å². The van der Waals surface area contributed by atoms with Crippen molar-refractivity contribution < 1.29 is 0 Å². The van der Waals surface area contributed by atoms with Gasteiger partial charge in [0.25, 0.3) is 0 Å². The normalized spacial score (nSPS) is 13.4. The molecule has 33 heavy (non-hydrogen) atoms. The average Bonchev–Trinajstić information content (AvgIpc) is 3.21. The van der Waals surface area contributed by atoms with Gasteiger partial charge in [0, 0.05) is 22.4 Å². The number of para-hydroxylation sites is 1. The van der Waals surface area contributed by atoms with Crippen LogP contribution >= 0.6 is 38.9 Å². The lowest BCUT2D eigenvalue weighted by Crippen LogP contribution is -2.05. The topological polar surface area (TPSA) is 67.5 Å². The first-order chi connectivity index (χ1) is 16.1. The highest BCUT2D eigenvalue weighted by atomic mass is 79.9. The summed E-state index contributed by atoms with van der Waals surface area (Å²) in [6.07, 6.45) is 5.68. The number of rotatable bonds is 1. The molecule has 0 fully saturated rings. The van der Waals surface area contributed by atoms with Gasteiger partial charge in [-0.15, -0.1) is 21.5 Å². The molecule has 0 unspecified atom stereocenters. The maximum Gasteiger partial charge on any atom is 0.160 e. The number of benzene rings is 2. The third-order valence-corrected chi connectivity index (χ3v) is 7.08. The first-order valence-corrected chi connectivity index (χ1v) is 12.2. The van der Waals surface area contributed by atoms with Gasteiger partial charge in [-0.2, -0.15) is 5.10 Å². The number of fused-ring (bicyclic) bond motifs is 4. The molecule has 4 heterocycles. The monoisotopic (exact) mass is 536 g/mol. The van der Waals surface area contributed by atoms with Gasteiger partial charge in [-0.05, 0) is 52.7 Å². The van der Waals surface area contributed by atoms with E-state index in [2.05, 4.69) is 47.3 Å². The molecule has 6 nitrogen and oxygen atoms in total. The lowest BCUT2D eigenvalue weighted by Gasteiger charge is -2.08. The Morgan fingerprint density at radius 1 is 1.06 bits per heavy atom. The quantitative estimate of drug-likeness (QED) is 0.301. The summed E-state index contributed by atoms with van der Waals surface area (Å²) in [5, 5.41) is 14.1. The number of allylic oxidation sites excluding steroid dienone is 1. The minimum absolute atomic E-state index is 0.487. The number of aromatic nitrogens is 3. The molecule has 0 aliphatic carbocycles. The molecule has 0 saturated heterocycles. The fourth-order valence-corrected chi connectivity index (χ4v) is 5.49. The molecule has 164 valence electrons. The molecule has 1 N–H and O–H groups in total. The van der Waals surface area contributed by atoms with Crippen LogP contribution in [0.1, 0.15) is 28.3 Å². The summed E-state index contributed by atoms with van der Waals surface area (Å²) in [5.74, 6) is 1.70. The summed E-state index contributed by atoms with van der Waals surface area (Å²) in [4.78, 5) is 4.76. The lowest BCUT2D eigenvalue weighted by atomic mass is 10.0. The van der Waals surface area contributed by atoms with Gasteiger partial charge in [0.2, 0.25) is 0 Å². The number of hydrogen-bond acceptors (Lipinski definition) is 6. The van der Waals surface area contributed by atoms with Crippen molar-refractivity contribution in [2.24, 2.45) is 10.1 Å². The Labute approximate surface area is 208 Å². The van der Waals surface area contributed by atoms with Crippen molar-refractivity contribution in [1.29, 1.82) is 0 Å². The van der Waals surface area contributed by atoms with Crippen molar-refractivity contribution >= 4 is 62.6 Å². The minimum Gasteiger partial charge on any atom is -0.278 e. The molecule has 6 rings (SSSR count). The molecule has 0 atom stereocenters. The van der Waals surface area contributed by atoms with Gasteiger partial charge < -0.3 is 0 Å². The summed E-state index contributed by atoms with van der Waals surface area (Å²) in [5.41, 5.74) is 8.04. The number of anilines is 1. The Balaban J connectivity index is 0.000000174. The molecule has 2 aliphatic rings. The largest absolute Gasteiger partial charge is 0.278 e. The smallest absolute Gasteiger partial charge is 0.160 e. The fourth-order valence-electron chi connectivity index (χ4n) is 3.62. The summed E-state index contributed by atoms with van der Waals surface area (Å²) >= 11 is 11.6. The van der Waals surface area contributed by atoms with Gasteiger partial charge in [0.05, 0.1) is 15.2 Å². The Bertz CT molecular complexity index is 1420. The van der Waals surface area contributed by atoms with Crippen molar-refractivity contribution in [2.75, 3.05) is 5.43 Å². The van der Waals surface area contributed by atoms with Gasteiger partial charge in [-0.3, -0.25) is 15.0 Å². The van der Waals surface area contributed by atoms with Crippen LogP contribution < -0.4 is 5.43 Å². The van der Waals surface area contributed by atoms with Crippen molar-refractivity contribution in [3.63, 3.8) is 0 Å². The SMILES string of the molecule is C1=Cc2ccccc2NN=C1.Cc1nnc2n1-c1sc(Br)cc1C(c1ccccc1Cl)=NC2. The Morgan fingerprint density at radius 2 is 1.88 bits per heavy atom. The molecular weight excluding hydrogens is 520 g/mol. The molecule has 2 aromatic heterocycles. The van der Waals surface area contributed by atoms with E-state index in [-0.39, 0.29) is 0 Å². The van der Waals surface area contributed by atoms with Crippen LogP contribution in [0.5, 0.6) is 0 Å². The number of thiophene rings is 1. The highest BCUT2D eigenvalue weighted by Gasteiger charge is 2.24. The zero-order valence-corrected chi connectivity index (χ0v) is 20.7. The maximum absolute atomic E-state index is 6.38. The van der Waals surface area contributed by atoms with Crippen LogP contribution in [0.2, 0.25) is 5.02 Å². The van der Waals surface area contributed by atoms with Gasteiger partial charge in [-0.25, -0.2) is 0 Å². The Kier molecular flexibility index (Phi) is 6.22. The van der Waals surface area contributed by atoms with Crippen LogP contribution in [0.25, 0.3) is 11.1 Å². The van der Waals surface area contributed by atoms with Crippen LogP contribution in [-0.4, -0.2) is 26.7 Å². The number of aryl methyl sites for hydroxylation is 1. The third-order valence-electron chi connectivity index (χ3n) is 5.12. The van der Waals surface area contributed by atoms with E-state index >= 15 is 0 Å². The molecule has 0 bridgehead atoms. The van der Waals surface area contributed by atoms with Crippen LogP contribution in [0.4, 0.5) is 5.69 Å². The number of halogens is 2. The molecule has 0 spiro atoms. The van der Waals surface area contributed by atoms with Gasteiger partial charge in [0.15, 0.2) is 5.82 Å². The molecule has 0 amide bonds. The standard InChI is InChI=1S/C15H10BrClN4S.C9H8N2/c1-8-19-20-13-7-18-14(9-4-2-3-5-11(9)17)10-6-12(16)22-15(10)21(8)13;1-2-6-9-8(4-1)5-3-7-10-11-9/h2-6H,7H2,1H3;1-7,11H. The number of aliphatic imine (C=N–C) groups is 1. The molecule has 4 aromatic rings. The van der Waals surface area contributed by atoms with E-state index in [0.717, 1.165) is 43.0 Å². The maximum atomic E-state index is 6.38. The zero-order chi connectivity index (χ0) is 22.8. The number of hydrazone groups is 1. The molecule has 2 aromatic carbocycles. The van der Waals surface area contributed by atoms with E-state index in [1.165, 1.54) is 5.56 Å². The predicted octanol–water partition coefficient (Wildman–Crippen LogP) is 6.52. The Morgan fingerprint density at radius 3 is 2.76 bits per heavy atom. The number of nitrogens with zero attached hydrogens (tertiary/aromatic N) is 5. The van der Waals surface area contributed by atoms with Crippen molar-refractivity contribution in [1.82, 2.24) is 14.8 Å². The second-order valence-electron chi connectivity index (χ2n) is 7.25. The Hall–Kier alpha value is -3.07. The second-order valence-corrected chi connectivity index (χ2v) is 10.1. The highest BCUT2D eigenvalue weighted by Crippen LogP contribution is 2.36. The van der Waals surface area contributed by atoms with Crippen LogP contribution in [0, 0.1) is 6.92 Å². The highest BCUT2D eigenvalue weighted by molar-refractivity contribution is 9.11. The van der Waals surface area contributed by atoms with E-state index in [9.17, 15) is 0 Å².